The lowest BCUT2D eigenvalue weighted by atomic mass is 9.78. The van der Waals surface area contributed by atoms with Crippen molar-refractivity contribution in [1.29, 1.82) is 0 Å². The van der Waals surface area contributed by atoms with Crippen LogP contribution in [0, 0.1) is 11.8 Å². The van der Waals surface area contributed by atoms with E-state index in [0.29, 0.717) is 5.92 Å². The molecule has 4 atom stereocenters. The standard InChI is InChI=1S/C25H44BNO2S2/c1-3-25-19-24(2,30-18-22(31-25)23(28)27-26-29)20-14-12-10-8-6-4-5-7-9-11-13-15-21(25)17-16-20/h18,20-21,26,29H,3-17,19H2,1-2H3,(H,27,28). The fourth-order valence-electron chi connectivity index (χ4n) is 6.34. The quantitative estimate of drug-likeness (QED) is 0.455. The molecule has 1 heterocycles. The highest BCUT2D eigenvalue weighted by Gasteiger charge is 2.51. The third-order valence-corrected chi connectivity index (χ3v) is 11.5. The van der Waals surface area contributed by atoms with Crippen LogP contribution in [0.5, 0.6) is 0 Å². The SMILES string of the molecule is CCC12CC(C)(SC=C(C(=O)NBO)S1)C1CCCCCCCCCCCCC2CC1. The molecule has 0 aromatic heterocycles. The molecule has 0 saturated heterocycles. The zero-order valence-corrected chi connectivity index (χ0v) is 21.6. The van der Waals surface area contributed by atoms with Gasteiger partial charge in [-0.3, -0.25) is 4.79 Å². The molecule has 2 N–H and O–H groups in total. The first-order valence-corrected chi connectivity index (χ1v) is 14.7. The molecule has 1 amide bonds. The number of amides is 1. The molecule has 2 saturated carbocycles. The van der Waals surface area contributed by atoms with E-state index in [-0.39, 0.29) is 23.0 Å². The fourth-order valence-corrected chi connectivity index (χ4v) is 9.54. The molecule has 4 unspecified atom stereocenters. The monoisotopic (exact) mass is 465 g/mol. The number of carbonyl (C=O) groups is 1. The highest BCUT2D eigenvalue weighted by atomic mass is 32.2. The molecule has 3 aliphatic rings. The van der Waals surface area contributed by atoms with Gasteiger partial charge < -0.3 is 10.3 Å². The summed E-state index contributed by atoms with van der Waals surface area (Å²) in [5, 5.41) is 14.1. The van der Waals surface area contributed by atoms with Gasteiger partial charge in [-0.1, -0.05) is 71.1 Å². The number of carbonyl (C=O) groups excluding carboxylic acids is 1. The van der Waals surface area contributed by atoms with Crippen molar-refractivity contribution in [1.82, 2.24) is 5.23 Å². The Morgan fingerprint density at radius 2 is 1.55 bits per heavy atom. The Hall–Kier alpha value is -0.0651. The molecule has 1 aliphatic heterocycles. The van der Waals surface area contributed by atoms with Crippen molar-refractivity contribution >= 4 is 37.0 Å². The molecule has 3 rings (SSSR count). The molecule has 2 fully saturated rings. The van der Waals surface area contributed by atoms with Gasteiger partial charge in [0.15, 0.2) is 0 Å². The third kappa shape index (κ3) is 6.73. The summed E-state index contributed by atoms with van der Waals surface area (Å²) in [6.07, 6.45) is 21.5. The number of fused-ring (bicyclic) bond motifs is 7. The first-order chi connectivity index (χ1) is 15.0. The molecule has 3 nitrogen and oxygen atoms in total. The second-order valence-corrected chi connectivity index (χ2v) is 13.2. The van der Waals surface area contributed by atoms with Crippen molar-refractivity contribution in [3.63, 3.8) is 0 Å². The van der Waals surface area contributed by atoms with E-state index in [9.17, 15) is 9.82 Å². The Morgan fingerprint density at radius 1 is 1.00 bits per heavy atom. The summed E-state index contributed by atoms with van der Waals surface area (Å²) in [6, 6.07) is 0. The zero-order chi connectivity index (χ0) is 22.2. The minimum Gasteiger partial charge on any atom is -0.435 e. The lowest BCUT2D eigenvalue weighted by Gasteiger charge is -2.43. The average molecular weight is 466 g/mol. The van der Waals surface area contributed by atoms with Crippen LogP contribution >= 0.6 is 23.5 Å². The van der Waals surface area contributed by atoms with Crippen molar-refractivity contribution < 1.29 is 9.82 Å². The van der Waals surface area contributed by atoms with E-state index in [4.69, 9.17) is 0 Å². The number of hydrogen-bond donors (Lipinski definition) is 2. The largest absolute Gasteiger partial charge is 0.435 e. The highest BCUT2D eigenvalue weighted by molar-refractivity contribution is 8.08. The third-order valence-electron chi connectivity index (χ3n) is 8.29. The normalized spacial score (nSPS) is 36.0. The lowest BCUT2D eigenvalue weighted by Crippen LogP contribution is -2.41. The number of thioether (sulfide) groups is 2. The van der Waals surface area contributed by atoms with E-state index in [1.165, 1.54) is 96.3 Å². The van der Waals surface area contributed by atoms with Crippen LogP contribution in [-0.2, 0) is 4.79 Å². The Labute approximate surface area is 200 Å². The van der Waals surface area contributed by atoms with Gasteiger partial charge in [0.25, 0.3) is 0 Å². The average Bonchev–Trinajstić information content (AvgIpc) is 2.98. The summed E-state index contributed by atoms with van der Waals surface area (Å²) in [5.41, 5.74) is 0. The topological polar surface area (TPSA) is 49.3 Å². The summed E-state index contributed by atoms with van der Waals surface area (Å²) < 4.78 is 0.340. The van der Waals surface area contributed by atoms with Gasteiger partial charge in [0.1, 0.15) is 0 Å². The predicted octanol–water partition coefficient (Wildman–Crippen LogP) is 6.70. The van der Waals surface area contributed by atoms with Gasteiger partial charge in [0, 0.05) is 9.49 Å². The number of hydrogen-bond acceptors (Lipinski definition) is 4. The molecular weight excluding hydrogens is 421 g/mol. The maximum absolute atomic E-state index is 12.8. The van der Waals surface area contributed by atoms with Crippen molar-refractivity contribution in [2.45, 2.75) is 126 Å². The molecular formula is C25H44BNO2S2. The minimum absolute atomic E-state index is 0.0971. The van der Waals surface area contributed by atoms with E-state index in [1.807, 2.05) is 23.5 Å². The van der Waals surface area contributed by atoms with Crippen LogP contribution in [0.15, 0.2) is 10.3 Å². The Morgan fingerprint density at radius 3 is 2.13 bits per heavy atom. The Bertz CT molecular complexity index is 616. The molecule has 31 heavy (non-hydrogen) atoms. The van der Waals surface area contributed by atoms with E-state index >= 15 is 0 Å². The van der Waals surface area contributed by atoms with Gasteiger partial charge in [-0.25, -0.2) is 0 Å². The molecule has 2 aliphatic carbocycles. The summed E-state index contributed by atoms with van der Waals surface area (Å²) in [7, 11) is -0.288. The van der Waals surface area contributed by atoms with Crippen LogP contribution in [-0.4, -0.2) is 28.0 Å². The molecule has 0 spiro atoms. The fraction of sp³-hybridized carbons (Fsp3) is 0.880. The van der Waals surface area contributed by atoms with Crippen LogP contribution in [0.4, 0.5) is 0 Å². The van der Waals surface area contributed by atoms with Gasteiger partial charge in [0.05, 0.1) is 4.91 Å². The highest BCUT2D eigenvalue weighted by Crippen LogP contribution is 2.60. The molecule has 0 radical (unpaired) electrons. The summed E-state index contributed by atoms with van der Waals surface area (Å²) >= 11 is 3.77. The van der Waals surface area contributed by atoms with E-state index in [0.717, 1.165) is 17.2 Å². The zero-order valence-electron chi connectivity index (χ0n) is 19.9. The van der Waals surface area contributed by atoms with Crippen LogP contribution < -0.4 is 5.23 Å². The number of nitrogens with one attached hydrogen (secondary N) is 1. The second-order valence-electron chi connectivity index (χ2n) is 10.4. The minimum atomic E-state index is -0.288. The lowest BCUT2D eigenvalue weighted by molar-refractivity contribution is -0.115. The maximum atomic E-state index is 12.8. The molecule has 4 bridgehead atoms. The summed E-state index contributed by atoms with van der Waals surface area (Å²) in [5.74, 6) is 1.32. The smallest absolute Gasteiger partial charge is 0.393 e. The van der Waals surface area contributed by atoms with Gasteiger partial charge >= 0.3 is 7.62 Å². The molecule has 0 aromatic rings. The van der Waals surface area contributed by atoms with Crippen molar-refractivity contribution in [2.75, 3.05) is 0 Å². The van der Waals surface area contributed by atoms with Gasteiger partial charge in [0.2, 0.25) is 5.91 Å². The summed E-state index contributed by atoms with van der Waals surface area (Å²) in [6.45, 7) is 4.84. The van der Waals surface area contributed by atoms with E-state index in [2.05, 4.69) is 24.5 Å². The van der Waals surface area contributed by atoms with Crippen LogP contribution in [0.25, 0.3) is 0 Å². The summed E-state index contributed by atoms with van der Waals surface area (Å²) in [4.78, 5) is 13.6. The van der Waals surface area contributed by atoms with Crippen molar-refractivity contribution in [3.8, 4) is 0 Å². The van der Waals surface area contributed by atoms with Crippen molar-refractivity contribution in [2.24, 2.45) is 11.8 Å². The van der Waals surface area contributed by atoms with Crippen LogP contribution in [0.2, 0.25) is 0 Å². The maximum Gasteiger partial charge on any atom is 0.393 e. The van der Waals surface area contributed by atoms with Gasteiger partial charge in [-0.15, -0.1) is 23.5 Å². The molecule has 176 valence electrons. The van der Waals surface area contributed by atoms with Gasteiger partial charge in [-0.2, -0.15) is 0 Å². The Balaban J connectivity index is 1.88. The van der Waals surface area contributed by atoms with Crippen LogP contribution in [0.1, 0.15) is 117 Å². The van der Waals surface area contributed by atoms with Gasteiger partial charge in [-0.05, 0) is 62.7 Å². The van der Waals surface area contributed by atoms with E-state index < -0.39 is 0 Å². The Kier molecular flexibility index (Phi) is 10.2. The number of rotatable bonds is 3. The first-order valence-electron chi connectivity index (χ1n) is 13.0. The second kappa shape index (κ2) is 12.4. The predicted molar refractivity (Wildman–Crippen MR) is 138 cm³/mol. The molecule has 0 aromatic carbocycles. The van der Waals surface area contributed by atoms with Crippen LogP contribution in [0.3, 0.4) is 0 Å². The van der Waals surface area contributed by atoms with E-state index in [1.54, 1.807) is 0 Å². The first kappa shape index (κ1) is 25.6. The van der Waals surface area contributed by atoms with Crippen molar-refractivity contribution in [3.05, 3.63) is 10.3 Å². The molecule has 6 heteroatoms.